The first-order chi connectivity index (χ1) is 9.69. The molecule has 1 heterocycles. The highest BCUT2D eigenvalue weighted by Crippen LogP contribution is 2.33. The van der Waals surface area contributed by atoms with Gasteiger partial charge < -0.3 is 10.6 Å². The van der Waals surface area contributed by atoms with E-state index in [0.29, 0.717) is 4.99 Å². The zero-order valence-corrected chi connectivity index (χ0v) is 13.0. The van der Waals surface area contributed by atoms with Crippen LogP contribution in [0.1, 0.15) is 49.4 Å². The second-order valence-electron chi connectivity index (χ2n) is 6.02. The quantitative estimate of drug-likeness (QED) is 0.846. The third-order valence-electron chi connectivity index (χ3n) is 4.40. The number of aryl methyl sites for hydroxylation is 2. The van der Waals surface area contributed by atoms with Gasteiger partial charge in [-0.15, -0.1) is 0 Å². The molecule has 0 spiro atoms. The molecule has 108 valence electrons. The number of fused-ring (bicyclic) bond motifs is 1. The van der Waals surface area contributed by atoms with Crippen LogP contribution < -0.4 is 10.6 Å². The number of hydrogen-bond acceptors (Lipinski definition) is 3. The monoisotopic (exact) mass is 289 g/mol. The molecule has 1 aromatic heterocycles. The summed E-state index contributed by atoms with van der Waals surface area (Å²) in [6.07, 6.45) is 7.42. The summed E-state index contributed by atoms with van der Waals surface area (Å²) in [4.78, 5) is 7.79. The van der Waals surface area contributed by atoms with E-state index >= 15 is 0 Å². The molecular formula is C16H23N3S. The first-order valence-corrected chi connectivity index (χ1v) is 8.17. The van der Waals surface area contributed by atoms with Crippen molar-refractivity contribution in [3.8, 4) is 0 Å². The highest BCUT2D eigenvalue weighted by Gasteiger charge is 2.26. The maximum absolute atomic E-state index is 5.95. The van der Waals surface area contributed by atoms with Gasteiger partial charge in [0.05, 0.1) is 5.56 Å². The number of hydrogen-bond donors (Lipinski definition) is 1. The van der Waals surface area contributed by atoms with Crippen LogP contribution in [0, 0.1) is 5.92 Å². The third kappa shape index (κ3) is 2.80. The maximum atomic E-state index is 5.95. The van der Waals surface area contributed by atoms with Crippen molar-refractivity contribution in [1.82, 2.24) is 4.98 Å². The molecule has 3 nitrogen and oxygen atoms in total. The summed E-state index contributed by atoms with van der Waals surface area (Å²) in [6.45, 7) is 4.25. The van der Waals surface area contributed by atoms with Crippen LogP contribution in [-0.2, 0) is 12.8 Å². The molecule has 0 atom stereocenters. The molecule has 2 aliphatic rings. The highest BCUT2D eigenvalue weighted by molar-refractivity contribution is 7.80. The Morgan fingerprint density at radius 1 is 1.40 bits per heavy atom. The van der Waals surface area contributed by atoms with E-state index in [1.165, 1.54) is 36.9 Å². The van der Waals surface area contributed by atoms with Gasteiger partial charge in [-0.3, -0.25) is 0 Å². The number of rotatable bonds is 5. The summed E-state index contributed by atoms with van der Waals surface area (Å²) >= 11 is 5.26. The Hall–Kier alpha value is -1.16. The SMILES string of the molecule is CCN(CC1CC1)c1nc2c(cc1C(N)=S)CCCC2. The van der Waals surface area contributed by atoms with Crippen LogP contribution in [0.2, 0.25) is 0 Å². The van der Waals surface area contributed by atoms with Gasteiger partial charge in [0.15, 0.2) is 0 Å². The summed E-state index contributed by atoms with van der Waals surface area (Å²) < 4.78 is 0. The number of aromatic nitrogens is 1. The van der Waals surface area contributed by atoms with Crippen LogP contribution in [0.15, 0.2) is 6.07 Å². The molecule has 0 aromatic carbocycles. The zero-order chi connectivity index (χ0) is 14.1. The van der Waals surface area contributed by atoms with E-state index in [1.54, 1.807) is 0 Å². The van der Waals surface area contributed by atoms with Crippen molar-refractivity contribution in [2.24, 2.45) is 11.7 Å². The average Bonchev–Trinajstić information content (AvgIpc) is 3.27. The van der Waals surface area contributed by atoms with Gasteiger partial charge in [0, 0.05) is 18.8 Å². The zero-order valence-electron chi connectivity index (χ0n) is 12.2. The first-order valence-electron chi connectivity index (χ1n) is 7.76. The number of pyridine rings is 1. The van der Waals surface area contributed by atoms with E-state index in [-0.39, 0.29) is 0 Å². The van der Waals surface area contributed by atoms with Crippen LogP contribution in [0.25, 0.3) is 0 Å². The van der Waals surface area contributed by atoms with Gasteiger partial charge in [-0.05, 0) is 63.0 Å². The molecule has 0 unspecified atom stereocenters. The van der Waals surface area contributed by atoms with Gasteiger partial charge in [-0.2, -0.15) is 0 Å². The molecule has 0 bridgehead atoms. The van der Waals surface area contributed by atoms with Crippen molar-refractivity contribution in [2.45, 2.75) is 45.4 Å². The van der Waals surface area contributed by atoms with Crippen molar-refractivity contribution in [3.63, 3.8) is 0 Å². The Kier molecular flexibility index (Phi) is 3.92. The van der Waals surface area contributed by atoms with Crippen molar-refractivity contribution in [2.75, 3.05) is 18.0 Å². The number of thiocarbonyl (C=S) groups is 1. The largest absolute Gasteiger partial charge is 0.389 e. The van der Waals surface area contributed by atoms with E-state index in [4.69, 9.17) is 22.9 Å². The van der Waals surface area contributed by atoms with Crippen LogP contribution in [0.3, 0.4) is 0 Å². The highest BCUT2D eigenvalue weighted by atomic mass is 32.1. The molecule has 0 aliphatic heterocycles. The second kappa shape index (κ2) is 5.68. The topological polar surface area (TPSA) is 42.2 Å². The summed E-state index contributed by atoms with van der Waals surface area (Å²) in [5.41, 5.74) is 9.54. The first kappa shape index (κ1) is 13.8. The number of nitrogens with two attached hydrogens (primary N) is 1. The Labute approximate surface area is 126 Å². The van der Waals surface area contributed by atoms with Gasteiger partial charge in [0.2, 0.25) is 0 Å². The van der Waals surface area contributed by atoms with Crippen LogP contribution >= 0.6 is 12.2 Å². The van der Waals surface area contributed by atoms with Gasteiger partial charge >= 0.3 is 0 Å². The van der Waals surface area contributed by atoms with E-state index in [9.17, 15) is 0 Å². The Morgan fingerprint density at radius 3 is 2.80 bits per heavy atom. The lowest BCUT2D eigenvalue weighted by molar-refractivity contribution is 0.660. The molecule has 20 heavy (non-hydrogen) atoms. The van der Waals surface area contributed by atoms with Crippen molar-refractivity contribution < 1.29 is 0 Å². The lowest BCUT2D eigenvalue weighted by atomic mass is 9.94. The minimum atomic E-state index is 0.482. The van der Waals surface area contributed by atoms with Crippen molar-refractivity contribution in [3.05, 3.63) is 22.9 Å². The lowest BCUT2D eigenvalue weighted by Gasteiger charge is -2.27. The molecule has 2 N–H and O–H groups in total. The van der Waals surface area contributed by atoms with Gasteiger partial charge in [-0.25, -0.2) is 4.98 Å². The Balaban J connectivity index is 1.99. The molecule has 4 heteroatoms. The third-order valence-corrected chi connectivity index (χ3v) is 4.62. The van der Waals surface area contributed by atoms with Gasteiger partial charge in [0.1, 0.15) is 10.8 Å². The van der Waals surface area contributed by atoms with E-state index < -0.39 is 0 Å². The summed E-state index contributed by atoms with van der Waals surface area (Å²) in [7, 11) is 0. The molecule has 1 fully saturated rings. The lowest BCUT2D eigenvalue weighted by Crippen LogP contribution is -2.30. The Morgan fingerprint density at radius 2 is 2.15 bits per heavy atom. The summed E-state index contributed by atoms with van der Waals surface area (Å²) in [6, 6.07) is 2.20. The van der Waals surface area contributed by atoms with E-state index in [0.717, 1.165) is 43.2 Å². The molecular weight excluding hydrogens is 266 g/mol. The fourth-order valence-electron chi connectivity index (χ4n) is 3.02. The van der Waals surface area contributed by atoms with Gasteiger partial charge in [-0.1, -0.05) is 12.2 Å². The minimum absolute atomic E-state index is 0.482. The maximum Gasteiger partial charge on any atom is 0.139 e. The number of anilines is 1. The molecule has 2 aliphatic carbocycles. The van der Waals surface area contributed by atoms with Crippen LogP contribution in [0.5, 0.6) is 0 Å². The van der Waals surface area contributed by atoms with Crippen LogP contribution in [0.4, 0.5) is 5.82 Å². The molecule has 0 amide bonds. The standard InChI is InChI=1S/C16H23N3S/c1-2-19(10-11-7-8-11)16-13(15(17)20)9-12-5-3-4-6-14(12)18-16/h9,11H,2-8,10H2,1H3,(H2,17,20). The average molecular weight is 289 g/mol. The fraction of sp³-hybridized carbons (Fsp3) is 0.625. The smallest absolute Gasteiger partial charge is 0.139 e. The molecule has 1 aromatic rings. The summed E-state index contributed by atoms with van der Waals surface area (Å²) in [5, 5.41) is 0. The predicted octanol–water partition coefficient (Wildman–Crippen LogP) is 2.83. The van der Waals surface area contributed by atoms with Crippen molar-refractivity contribution in [1.29, 1.82) is 0 Å². The molecule has 3 rings (SSSR count). The second-order valence-corrected chi connectivity index (χ2v) is 6.46. The fourth-order valence-corrected chi connectivity index (χ4v) is 3.17. The van der Waals surface area contributed by atoms with Gasteiger partial charge in [0.25, 0.3) is 0 Å². The van der Waals surface area contributed by atoms with Crippen molar-refractivity contribution >= 4 is 23.0 Å². The number of nitrogens with zero attached hydrogens (tertiary/aromatic N) is 2. The van der Waals surface area contributed by atoms with Crippen LogP contribution in [-0.4, -0.2) is 23.1 Å². The minimum Gasteiger partial charge on any atom is -0.389 e. The normalized spacial score (nSPS) is 17.6. The van der Waals surface area contributed by atoms with E-state index in [1.807, 2.05) is 0 Å². The Bertz CT molecular complexity index is 523. The molecule has 1 saturated carbocycles. The molecule has 0 saturated heterocycles. The summed E-state index contributed by atoms with van der Waals surface area (Å²) in [5.74, 6) is 1.86. The van der Waals surface area contributed by atoms with E-state index in [2.05, 4.69) is 17.9 Å². The molecule has 0 radical (unpaired) electrons. The predicted molar refractivity (Wildman–Crippen MR) is 87.4 cm³/mol.